The fraction of sp³-hybridized carbons (Fsp3) is 0.0952. The van der Waals surface area contributed by atoms with Gasteiger partial charge in [-0.05, 0) is 24.3 Å². The van der Waals surface area contributed by atoms with Crippen LogP contribution in [0.5, 0.6) is 5.75 Å². The Kier molecular flexibility index (Phi) is 4.98. The number of hydrogen-bond acceptors (Lipinski definition) is 7. The van der Waals surface area contributed by atoms with Crippen LogP contribution in [0, 0.1) is 0 Å². The van der Waals surface area contributed by atoms with Crippen LogP contribution in [0.3, 0.4) is 0 Å². The van der Waals surface area contributed by atoms with E-state index in [0.29, 0.717) is 29.0 Å². The van der Waals surface area contributed by atoms with Gasteiger partial charge in [0.2, 0.25) is 5.91 Å². The number of carbonyl (C=O) groups excluding carboxylic acids is 1. The van der Waals surface area contributed by atoms with Crippen LogP contribution in [-0.4, -0.2) is 23.0 Å². The van der Waals surface area contributed by atoms with Crippen LogP contribution in [0.2, 0.25) is 0 Å². The molecule has 0 spiro atoms. The quantitative estimate of drug-likeness (QED) is 0.491. The number of carbonyl (C=O) groups is 1. The smallest absolute Gasteiger partial charge is 0.299 e. The second kappa shape index (κ2) is 7.89. The summed E-state index contributed by atoms with van der Waals surface area (Å²) in [6.45, 7) is 1.46. The number of oxazole rings is 2. The summed E-state index contributed by atoms with van der Waals surface area (Å²) in [6.07, 6.45) is 4.59. The highest BCUT2D eigenvalue weighted by molar-refractivity contribution is 5.93. The molecule has 0 saturated carbocycles. The van der Waals surface area contributed by atoms with Crippen molar-refractivity contribution in [2.45, 2.75) is 6.92 Å². The van der Waals surface area contributed by atoms with Gasteiger partial charge >= 0.3 is 0 Å². The molecule has 29 heavy (non-hydrogen) atoms. The number of rotatable bonds is 6. The van der Waals surface area contributed by atoms with E-state index >= 15 is 0 Å². The lowest BCUT2D eigenvalue weighted by Gasteiger charge is -2.09. The summed E-state index contributed by atoms with van der Waals surface area (Å²) in [5.74, 6) is 1.60. The van der Waals surface area contributed by atoms with Gasteiger partial charge in [0.05, 0.1) is 30.8 Å². The molecule has 4 rings (SSSR count). The van der Waals surface area contributed by atoms with Crippen molar-refractivity contribution in [3.8, 4) is 28.4 Å². The molecule has 0 bridgehead atoms. The average Bonchev–Trinajstić information content (AvgIpc) is 3.40. The average molecular weight is 390 g/mol. The number of anilines is 3. The first-order chi connectivity index (χ1) is 14.1. The second-order valence-corrected chi connectivity index (χ2v) is 6.16. The number of nitrogens with zero attached hydrogens (tertiary/aromatic N) is 2. The van der Waals surface area contributed by atoms with E-state index in [9.17, 15) is 4.79 Å². The van der Waals surface area contributed by atoms with E-state index in [-0.39, 0.29) is 5.91 Å². The van der Waals surface area contributed by atoms with Crippen molar-refractivity contribution in [3.63, 3.8) is 0 Å². The Morgan fingerprint density at radius 2 is 1.93 bits per heavy atom. The van der Waals surface area contributed by atoms with Crippen LogP contribution in [0.25, 0.3) is 22.6 Å². The van der Waals surface area contributed by atoms with Crippen molar-refractivity contribution in [3.05, 3.63) is 61.3 Å². The Labute approximate surface area is 166 Å². The van der Waals surface area contributed by atoms with Crippen LogP contribution < -0.4 is 15.4 Å². The molecule has 0 aliphatic heterocycles. The number of methoxy groups -OCH3 is 1. The summed E-state index contributed by atoms with van der Waals surface area (Å²) < 4.78 is 16.6. The third-order valence-electron chi connectivity index (χ3n) is 4.16. The zero-order valence-corrected chi connectivity index (χ0v) is 15.8. The number of aromatic nitrogens is 2. The monoisotopic (exact) mass is 390 g/mol. The lowest BCUT2D eigenvalue weighted by molar-refractivity contribution is -0.114. The molecule has 146 valence electrons. The molecule has 2 N–H and O–H groups in total. The largest absolute Gasteiger partial charge is 0.496 e. The molecular weight excluding hydrogens is 372 g/mol. The van der Waals surface area contributed by atoms with E-state index in [4.69, 9.17) is 13.6 Å². The summed E-state index contributed by atoms with van der Waals surface area (Å²) in [7, 11) is 1.58. The van der Waals surface area contributed by atoms with Gasteiger partial charge in [0.1, 0.15) is 5.75 Å². The van der Waals surface area contributed by atoms with Crippen molar-refractivity contribution in [2.24, 2.45) is 0 Å². The maximum absolute atomic E-state index is 11.4. The number of nitrogens with one attached hydrogen (secondary N) is 2. The predicted octanol–water partition coefficient (Wildman–Crippen LogP) is 4.71. The number of para-hydroxylation sites is 1. The van der Waals surface area contributed by atoms with Crippen LogP contribution in [0.15, 0.2) is 70.1 Å². The first-order valence-electron chi connectivity index (χ1n) is 8.81. The number of hydrogen-bond donors (Lipinski definition) is 2. The third-order valence-corrected chi connectivity index (χ3v) is 4.16. The second-order valence-electron chi connectivity index (χ2n) is 6.16. The number of ether oxygens (including phenoxy) is 1. The minimum atomic E-state index is -0.158. The van der Waals surface area contributed by atoms with E-state index in [1.54, 1.807) is 25.6 Å². The van der Waals surface area contributed by atoms with Crippen molar-refractivity contribution >= 4 is 23.3 Å². The van der Waals surface area contributed by atoms with Crippen molar-refractivity contribution < 1.29 is 18.4 Å². The maximum atomic E-state index is 11.4. The molecule has 0 unspecified atom stereocenters. The van der Waals surface area contributed by atoms with Gasteiger partial charge in [0.15, 0.2) is 17.9 Å². The summed E-state index contributed by atoms with van der Waals surface area (Å²) in [5.41, 5.74) is 2.91. The molecule has 1 amide bonds. The van der Waals surface area contributed by atoms with E-state index < -0.39 is 0 Å². The minimum Gasteiger partial charge on any atom is -0.496 e. The fourth-order valence-electron chi connectivity index (χ4n) is 2.90. The summed E-state index contributed by atoms with van der Waals surface area (Å²) in [6, 6.07) is 13.2. The zero-order valence-electron chi connectivity index (χ0n) is 15.8. The van der Waals surface area contributed by atoms with Crippen LogP contribution in [0.1, 0.15) is 6.92 Å². The topological polar surface area (TPSA) is 102 Å². The zero-order chi connectivity index (χ0) is 20.2. The van der Waals surface area contributed by atoms with Crippen LogP contribution in [-0.2, 0) is 4.79 Å². The molecule has 2 aromatic carbocycles. The van der Waals surface area contributed by atoms with Crippen LogP contribution in [0.4, 0.5) is 17.4 Å². The fourth-order valence-corrected chi connectivity index (χ4v) is 2.90. The first-order valence-corrected chi connectivity index (χ1v) is 8.81. The normalized spacial score (nSPS) is 10.6. The van der Waals surface area contributed by atoms with Gasteiger partial charge in [0, 0.05) is 24.2 Å². The van der Waals surface area contributed by atoms with Gasteiger partial charge in [-0.3, -0.25) is 4.79 Å². The molecular formula is C21H18N4O4. The van der Waals surface area contributed by atoms with Crippen molar-refractivity contribution in [1.29, 1.82) is 0 Å². The molecule has 0 aliphatic carbocycles. The number of benzene rings is 2. The van der Waals surface area contributed by atoms with E-state index in [2.05, 4.69) is 20.6 Å². The summed E-state index contributed by atoms with van der Waals surface area (Å²) in [4.78, 5) is 19.6. The maximum Gasteiger partial charge on any atom is 0.299 e. The highest BCUT2D eigenvalue weighted by Crippen LogP contribution is 2.34. The highest BCUT2D eigenvalue weighted by atomic mass is 16.5. The Morgan fingerprint density at radius 1 is 1.07 bits per heavy atom. The molecule has 8 nitrogen and oxygen atoms in total. The van der Waals surface area contributed by atoms with E-state index in [1.165, 1.54) is 13.3 Å². The molecule has 0 saturated heterocycles. The van der Waals surface area contributed by atoms with Crippen molar-refractivity contribution in [1.82, 2.24) is 9.97 Å². The Bertz CT molecular complexity index is 1140. The molecule has 2 aromatic heterocycles. The predicted molar refractivity (Wildman–Crippen MR) is 108 cm³/mol. The van der Waals surface area contributed by atoms with E-state index in [1.807, 2.05) is 36.4 Å². The Balaban J connectivity index is 1.58. The molecule has 0 radical (unpaired) electrons. The molecule has 0 aliphatic rings. The van der Waals surface area contributed by atoms with Crippen LogP contribution >= 0.6 is 0 Å². The molecule has 4 aromatic rings. The summed E-state index contributed by atoms with van der Waals surface area (Å²) in [5, 5.41) is 5.90. The molecule has 0 fully saturated rings. The van der Waals surface area contributed by atoms with Crippen molar-refractivity contribution in [2.75, 3.05) is 17.7 Å². The SMILES string of the molecule is COc1cc(Nc2ncc(-c3ccccc3NC(C)=O)o2)ccc1-c1cnco1. The van der Waals surface area contributed by atoms with E-state index in [0.717, 1.165) is 16.8 Å². The Hall–Kier alpha value is -4.07. The van der Waals surface area contributed by atoms with Gasteiger partial charge < -0.3 is 24.2 Å². The molecule has 2 heterocycles. The standard InChI is InChI=1S/C21H18N4O4/c1-13(26)24-17-6-4-3-5-15(17)20-11-23-21(29-20)25-14-7-8-16(18(9-14)27-2)19-10-22-12-28-19/h3-12H,1-2H3,(H,23,25)(H,24,26). The van der Waals surface area contributed by atoms with Gasteiger partial charge in [-0.15, -0.1) is 0 Å². The van der Waals surface area contributed by atoms with Gasteiger partial charge in [0.25, 0.3) is 6.01 Å². The Morgan fingerprint density at radius 3 is 2.69 bits per heavy atom. The minimum absolute atomic E-state index is 0.158. The first kappa shape index (κ1) is 18.3. The summed E-state index contributed by atoms with van der Waals surface area (Å²) >= 11 is 0. The number of amides is 1. The third kappa shape index (κ3) is 3.96. The molecule has 8 heteroatoms. The lowest BCUT2D eigenvalue weighted by Crippen LogP contribution is -2.06. The van der Waals surface area contributed by atoms with Gasteiger partial charge in [-0.1, -0.05) is 12.1 Å². The van der Waals surface area contributed by atoms with Gasteiger partial charge in [-0.25, -0.2) is 9.97 Å². The highest BCUT2D eigenvalue weighted by Gasteiger charge is 2.13. The molecule has 0 atom stereocenters. The lowest BCUT2D eigenvalue weighted by atomic mass is 10.1. The van der Waals surface area contributed by atoms with Gasteiger partial charge in [-0.2, -0.15) is 0 Å².